The van der Waals surface area contributed by atoms with Gasteiger partial charge in [-0.2, -0.15) is 0 Å². The molecule has 1 aliphatic rings. The van der Waals surface area contributed by atoms with E-state index in [-0.39, 0.29) is 5.91 Å². The standard InChI is InChI=1S/C14H21N3O/c1-10-12(14(18)15-2)6-3-7-13(10)17-9-11-5-4-8-16-11/h3,6-7,11,16-17H,4-5,8-9H2,1-2H3,(H,15,18). The van der Waals surface area contributed by atoms with Crippen molar-refractivity contribution >= 4 is 11.6 Å². The largest absolute Gasteiger partial charge is 0.383 e. The first-order valence-corrected chi connectivity index (χ1v) is 6.51. The Hall–Kier alpha value is -1.55. The van der Waals surface area contributed by atoms with Crippen LogP contribution in [0.1, 0.15) is 28.8 Å². The molecule has 0 aromatic heterocycles. The second-order valence-corrected chi connectivity index (χ2v) is 4.73. The normalized spacial score (nSPS) is 18.7. The van der Waals surface area contributed by atoms with Crippen LogP contribution in [-0.2, 0) is 0 Å². The second-order valence-electron chi connectivity index (χ2n) is 4.73. The summed E-state index contributed by atoms with van der Waals surface area (Å²) in [5, 5.41) is 9.55. The fourth-order valence-electron chi connectivity index (χ4n) is 2.37. The Morgan fingerprint density at radius 2 is 2.33 bits per heavy atom. The summed E-state index contributed by atoms with van der Waals surface area (Å²) in [6.07, 6.45) is 2.48. The molecule has 0 spiro atoms. The molecule has 3 N–H and O–H groups in total. The van der Waals surface area contributed by atoms with Crippen molar-refractivity contribution in [1.29, 1.82) is 0 Å². The number of carbonyl (C=O) groups is 1. The average molecular weight is 247 g/mol. The number of nitrogens with one attached hydrogen (secondary N) is 3. The van der Waals surface area contributed by atoms with Crippen LogP contribution in [0.25, 0.3) is 0 Å². The van der Waals surface area contributed by atoms with Crippen LogP contribution in [0.15, 0.2) is 18.2 Å². The first-order chi connectivity index (χ1) is 8.72. The van der Waals surface area contributed by atoms with Gasteiger partial charge in [0.15, 0.2) is 0 Å². The van der Waals surface area contributed by atoms with Crippen LogP contribution in [-0.4, -0.2) is 32.1 Å². The summed E-state index contributed by atoms with van der Waals surface area (Å²) >= 11 is 0. The van der Waals surface area contributed by atoms with E-state index in [0.717, 1.165) is 29.9 Å². The zero-order chi connectivity index (χ0) is 13.0. The Labute approximate surface area is 108 Å². The molecule has 2 rings (SSSR count). The third-order valence-corrected chi connectivity index (χ3v) is 3.51. The van der Waals surface area contributed by atoms with Gasteiger partial charge in [0.05, 0.1) is 0 Å². The van der Waals surface area contributed by atoms with Gasteiger partial charge in [-0.25, -0.2) is 0 Å². The van der Waals surface area contributed by atoms with Crippen molar-refractivity contribution in [3.63, 3.8) is 0 Å². The maximum atomic E-state index is 11.7. The van der Waals surface area contributed by atoms with E-state index in [0.29, 0.717) is 6.04 Å². The molecular formula is C14H21N3O. The van der Waals surface area contributed by atoms with Crippen LogP contribution < -0.4 is 16.0 Å². The molecule has 1 aromatic carbocycles. The molecule has 1 atom stereocenters. The number of benzene rings is 1. The van der Waals surface area contributed by atoms with Crippen molar-refractivity contribution in [1.82, 2.24) is 10.6 Å². The van der Waals surface area contributed by atoms with Gasteiger partial charge < -0.3 is 16.0 Å². The number of anilines is 1. The van der Waals surface area contributed by atoms with Gasteiger partial charge in [-0.1, -0.05) is 6.07 Å². The van der Waals surface area contributed by atoms with Gasteiger partial charge in [0.2, 0.25) is 0 Å². The predicted molar refractivity (Wildman–Crippen MR) is 74.1 cm³/mol. The number of carbonyl (C=O) groups excluding carboxylic acids is 1. The van der Waals surface area contributed by atoms with Crippen molar-refractivity contribution in [3.8, 4) is 0 Å². The lowest BCUT2D eigenvalue weighted by molar-refractivity contribution is 0.0962. The van der Waals surface area contributed by atoms with Gasteiger partial charge in [-0.3, -0.25) is 4.79 Å². The van der Waals surface area contributed by atoms with Crippen LogP contribution in [0.2, 0.25) is 0 Å². The van der Waals surface area contributed by atoms with Crippen LogP contribution in [0.4, 0.5) is 5.69 Å². The summed E-state index contributed by atoms with van der Waals surface area (Å²) in [4.78, 5) is 11.7. The van der Waals surface area contributed by atoms with Crippen molar-refractivity contribution in [3.05, 3.63) is 29.3 Å². The molecule has 1 amide bonds. The SMILES string of the molecule is CNC(=O)c1cccc(NCC2CCCN2)c1C. The van der Waals surface area contributed by atoms with Crippen molar-refractivity contribution in [2.75, 3.05) is 25.5 Å². The predicted octanol–water partition coefficient (Wildman–Crippen LogP) is 1.52. The molecule has 1 unspecified atom stereocenters. The summed E-state index contributed by atoms with van der Waals surface area (Å²) in [5.74, 6) is -0.0323. The first-order valence-electron chi connectivity index (χ1n) is 6.51. The fourth-order valence-corrected chi connectivity index (χ4v) is 2.37. The van der Waals surface area contributed by atoms with Crippen LogP contribution in [0, 0.1) is 6.92 Å². The topological polar surface area (TPSA) is 53.2 Å². The molecular weight excluding hydrogens is 226 g/mol. The Bertz CT molecular complexity index is 425. The second kappa shape index (κ2) is 5.87. The zero-order valence-electron chi connectivity index (χ0n) is 11.0. The van der Waals surface area contributed by atoms with Gasteiger partial charge in [0, 0.05) is 30.9 Å². The highest BCUT2D eigenvalue weighted by molar-refractivity contribution is 5.96. The quantitative estimate of drug-likeness (QED) is 0.756. The van der Waals surface area contributed by atoms with Crippen LogP contribution >= 0.6 is 0 Å². The molecule has 1 fully saturated rings. The minimum absolute atomic E-state index is 0.0323. The van der Waals surface area contributed by atoms with E-state index < -0.39 is 0 Å². The van der Waals surface area contributed by atoms with E-state index >= 15 is 0 Å². The zero-order valence-corrected chi connectivity index (χ0v) is 11.0. The van der Waals surface area contributed by atoms with E-state index in [2.05, 4.69) is 16.0 Å². The van der Waals surface area contributed by atoms with Crippen molar-refractivity contribution in [2.45, 2.75) is 25.8 Å². The lowest BCUT2D eigenvalue weighted by Gasteiger charge is -2.16. The first kappa shape index (κ1) is 12.9. The smallest absolute Gasteiger partial charge is 0.251 e. The van der Waals surface area contributed by atoms with Crippen LogP contribution in [0.5, 0.6) is 0 Å². The van der Waals surface area contributed by atoms with Gasteiger partial charge in [-0.05, 0) is 44.0 Å². The van der Waals surface area contributed by atoms with Gasteiger partial charge >= 0.3 is 0 Å². The van der Waals surface area contributed by atoms with E-state index in [1.54, 1.807) is 7.05 Å². The summed E-state index contributed by atoms with van der Waals surface area (Å²) in [7, 11) is 1.66. The van der Waals surface area contributed by atoms with Gasteiger partial charge in [-0.15, -0.1) is 0 Å². The van der Waals surface area contributed by atoms with Gasteiger partial charge in [0.1, 0.15) is 0 Å². The molecule has 1 heterocycles. The van der Waals surface area contributed by atoms with E-state index in [9.17, 15) is 4.79 Å². The minimum Gasteiger partial charge on any atom is -0.383 e. The Morgan fingerprint density at radius 1 is 1.50 bits per heavy atom. The summed E-state index contributed by atoms with van der Waals surface area (Å²) in [6.45, 7) is 4.01. The third-order valence-electron chi connectivity index (χ3n) is 3.51. The summed E-state index contributed by atoms with van der Waals surface area (Å²) < 4.78 is 0. The highest BCUT2D eigenvalue weighted by Gasteiger charge is 2.15. The Morgan fingerprint density at radius 3 is 3.00 bits per heavy atom. The van der Waals surface area contributed by atoms with Gasteiger partial charge in [0.25, 0.3) is 5.91 Å². The monoisotopic (exact) mass is 247 g/mol. The lowest BCUT2D eigenvalue weighted by Crippen LogP contribution is -2.29. The molecule has 4 nitrogen and oxygen atoms in total. The van der Waals surface area contributed by atoms with Crippen molar-refractivity contribution < 1.29 is 4.79 Å². The molecule has 0 bridgehead atoms. The molecule has 0 aliphatic carbocycles. The maximum Gasteiger partial charge on any atom is 0.251 e. The molecule has 1 aromatic rings. The third kappa shape index (κ3) is 2.82. The number of hydrogen-bond donors (Lipinski definition) is 3. The van der Waals surface area contributed by atoms with E-state index in [4.69, 9.17) is 0 Å². The van der Waals surface area contributed by atoms with E-state index in [1.165, 1.54) is 12.8 Å². The van der Waals surface area contributed by atoms with Crippen molar-refractivity contribution in [2.24, 2.45) is 0 Å². The molecule has 1 aliphatic heterocycles. The molecule has 98 valence electrons. The van der Waals surface area contributed by atoms with Crippen LogP contribution in [0.3, 0.4) is 0 Å². The molecule has 0 saturated carbocycles. The number of hydrogen-bond acceptors (Lipinski definition) is 3. The Balaban J connectivity index is 2.05. The highest BCUT2D eigenvalue weighted by Crippen LogP contribution is 2.19. The lowest BCUT2D eigenvalue weighted by atomic mass is 10.1. The molecule has 4 heteroatoms. The maximum absolute atomic E-state index is 11.7. The molecule has 0 radical (unpaired) electrons. The Kier molecular flexibility index (Phi) is 4.20. The number of rotatable bonds is 4. The summed E-state index contributed by atoms with van der Waals surface area (Å²) in [6, 6.07) is 6.35. The average Bonchev–Trinajstić information content (AvgIpc) is 2.90. The minimum atomic E-state index is -0.0323. The molecule has 1 saturated heterocycles. The number of amides is 1. The molecule has 18 heavy (non-hydrogen) atoms. The highest BCUT2D eigenvalue weighted by atomic mass is 16.1. The van der Waals surface area contributed by atoms with E-state index in [1.807, 2.05) is 25.1 Å². The fraction of sp³-hybridized carbons (Fsp3) is 0.500. The summed E-state index contributed by atoms with van der Waals surface area (Å²) in [5.41, 5.74) is 2.79.